The van der Waals surface area contributed by atoms with Crippen molar-refractivity contribution in [2.45, 2.75) is 46.5 Å². The maximum Gasteiger partial charge on any atom is 0.416 e. The second-order valence-corrected chi connectivity index (χ2v) is 6.40. The molecule has 0 unspecified atom stereocenters. The standard InChI is InChI=1S/C18H24F3N5.HI/c1-11(2)24-17(22-5)23-10-14-6-7-15(9-16(14)18(19,20)21)26-13(4)8-12(3)25-26;/h6-9,11H,10H2,1-5H3,(H2,22,23,24);1H. The van der Waals surface area contributed by atoms with Gasteiger partial charge in [-0.05, 0) is 51.5 Å². The lowest BCUT2D eigenvalue weighted by Crippen LogP contribution is -2.40. The molecular weight excluding hydrogens is 470 g/mol. The fourth-order valence-corrected chi connectivity index (χ4v) is 2.65. The molecule has 0 fully saturated rings. The van der Waals surface area contributed by atoms with Crippen LogP contribution in [0.1, 0.15) is 36.4 Å². The zero-order valence-corrected chi connectivity index (χ0v) is 18.3. The van der Waals surface area contributed by atoms with Gasteiger partial charge in [0.25, 0.3) is 0 Å². The Morgan fingerprint density at radius 2 is 1.89 bits per heavy atom. The average molecular weight is 495 g/mol. The Morgan fingerprint density at radius 3 is 2.37 bits per heavy atom. The minimum Gasteiger partial charge on any atom is -0.354 e. The Kier molecular flexibility index (Phi) is 8.12. The Hall–Kier alpha value is -1.78. The number of nitrogens with zero attached hydrogens (tertiary/aromatic N) is 3. The van der Waals surface area contributed by atoms with E-state index in [4.69, 9.17) is 0 Å². The van der Waals surface area contributed by atoms with Gasteiger partial charge in [0, 0.05) is 25.3 Å². The van der Waals surface area contributed by atoms with Crippen LogP contribution in [-0.2, 0) is 12.7 Å². The van der Waals surface area contributed by atoms with Crippen molar-refractivity contribution in [1.29, 1.82) is 0 Å². The fraction of sp³-hybridized carbons (Fsp3) is 0.444. The van der Waals surface area contributed by atoms with Crippen LogP contribution in [-0.4, -0.2) is 28.8 Å². The summed E-state index contributed by atoms with van der Waals surface area (Å²) in [6.07, 6.45) is -4.46. The van der Waals surface area contributed by atoms with Gasteiger partial charge < -0.3 is 10.6 Å². The van der Waals surface area contributed by atoms with E-state index in [-0.39, 0.29) is 42.1 Å². The SMILES string of the molecule is CN=C(NCc1ccc(-n2nc(C)cc2C)cc1C(F)(F)F)NC(C)C.I. The van der Waals surface area contributed by atoms with E-state index in [0.29, 0.717) is 11.6 Å². The summed E-state index contributed by atoms with van der Waals surface area (Å²) in [5, 5.41) is 10.2. The van der Waals surface area contributed by atoms with Crippen LogP contribution < -0.4 is 10.6 Å². The summed E-state index contributed by atoms with van der Waals surface area (Å²) in [4.78, 5) is 4.01. The molecule has 0 amide bonds. The lowest BCUT2D eigenvalue weighted by molar-refractivity contribution is -0.138. The molecule has 0 saturated carbocycles. The van der Waals surface area contributed by atoms with E-state index in [1.807, 2.05) is 26.8 Å². The quantitative estimate of drug-likeness (QED) is 0.380. The number of benzene rings is 1. The first-order valence-electron chi connectivity index (χ1n) is 8.32. The van der Waals surface area contributed by atoms with Crippen LogP contribution in [0.15, 0.2) is 29.3 Å². The van der Waals surface area contributed by atoms with E-state index in [0.717, 1.165) is 17.5 Å². The van der Waals surface area contributed by atoms with Crippen molar-refractivity contribution >= 4 is 29.9 Å². The zero-order valence-electron chi connectivity index (χ0n) is 16.0. The molecular formula is C18H25F3IN5. The molecule has 0 aliphatic heterocycles. The van der Waals surface area contributed by atoms with Crippen molar-refractivity contribution < 1.29 is 13.2 Å². The number of rotatable bonds is 4. The highest BCUT2D eigenvalue weighted by atomic mass is 127. The maximum atomic E-state index is 13.6. The Balaban J connectivity index is 0.00000364. The van der Waals surface area contributed by atoms with Crippen molar-refractivity contribution in [2.24, 2.45) is 4.99 Å². The minimum absolute atomic E-state index is 0. The van der Waals surface area contributed by atoms with Gasteiger partial charge in [0.05, 0.1) is 16.9 Å². The van der Waals surface area contributed by atoms with Gasteiger partial charge in [-0.25, -0.2) is 4.68 Å². The lowest BCUT2D eigenvalue weighted by atomic mass is 10.1. The van der Waals surface area contributed by atoms with E-state index in [2.05, 4.69) is 20.7 Å². The Morgan fingerprint density at radius 1 is 1.22 bits per heavy atom. The van der Waals surface area contributed by atoms with Crippen molar-refractivity contribution in [3.05, 3.63) is 46.8 Å². The highest BCUT2D eigenvalue weighted by Crippen LogP contribution is 2.33. The van der Waals surface area contributed by atoms with Gasteiger partial charge in [-0.3, -0.25) is 4.99 Å². The van der Waals surface area contributed by atoms with Crippen LogP contribution in [0, 0.1) is 13.8 Å². The van der Waals surface area contributed by atoms with Crippen LogP contribution in [0.4, 0.5) is 13.2 Å². The number of alkyl halides is 3. The predicted octanol–water partition coefficient (Wildman–Crippen LogP) is 4.20. The molecule has 0 saturated heterocycles. The summed E-state index contributed by atoms with van der Waals surface area (Å²) in [7, 11) is 1.58. The molecule has 5 nitrogen and oxygen atoms in total. The summed E-state index contributed by atoms with van der Waals surface area (Å²) in [6.45, 7) is 7.48. The third-order valence-electron chi connectivity index (χ3n) is 3.75. The first kappa shape index (κ1) is 23.3. The summed E-state index contributed by atoms with van der Waals surface area (Å²) in [5.41, 5.74) is 1.38. The summed E-state index contributed by atoms with van der Waals surface area (Å²) in [6, 6.07) is 6.20. The first-order valence-corrected chi connectivity index (χ1v) is 8.32. The van der Waals surface area contributed by atoms with E-state index in [1.165, 1.54) is 10.7 Å². The van der Waals surface area contributed by atoms with Crippen molar-refractivity contribution in [3.8, 4) is 5.69 Å². The van der Waals surface area contributed by atoms with Gasteiger partial charge in [0.1, 0.15) is 0 Å². The van der Waals surface area contributed by atoms with E-state index in [9.17, 15) is 13.2 Å². The summed E-state index contributed by atoms with van der Waals surface area (Å²) < 4.78 is 42.2. The Labute approximate surface area is 174 Å². The molecule has 0 atom stereocenters. The fourth-order valence-electron chi connectivity index (χ4n) is 2.65. The van der Waals surface area contributed by atoms with E-state index in [1.54, 1.807) is 20.0 Å². The van der Waals surface area contributed by atoms with Gasteiger partial charge in [0.2, 0.25) is 0 Å². The van der Waals surface area contributed by atoms with Crippen LogP contribution in [0.3, 0.4) is 0 Å². The molecule has 0 bridgehead atoms. The molecule has 0 aliphatic rings. The monoisotopic (exact) mass is 495 g/mol. The predicted molar refractivity (Wildman–Crippen MR) is 112 cm³/mol. The maximum absolute atomic E-state index is 13.6. The number of aryl methyl sites for hydroxylation is 2. The van der Waals surface area contributed by atoms with Crippen LogP contribution in [0.25, 0.3) is 5.69 Å². The van der Waals surface area contributed by atoms with Crippen LogP contribution in [0.2, 0.25) is 0 Å². The molecule has 150 valence electrons. The molecule has 1 aromatic carbocycles. The zero-order chi connectivity index (χ0) is 19.5. The molecule has 27 heavy (non-hydrogen) atoms. The third-order valence-corrected chi connectivity index (χ3v) is 3.75. The normalized spacial score (nSPS) is 12.1. The molecule has 2 rings (SSSR count). The largest absolute Gasteiger partial charge is 0.416 e. The first-order chi connectivity index (χ1) is 12.1. The Bertz CT molecular complexity index is 797. The van der Waals surface area contributed by atoms with Gasteiger partial charge in [-0.15, -0.1) is 24.0 Å². The number of guanidine groups is 1. The molecule has 1 aromatic heterocycles. The van der Waals surface area contributed by atoms with Gasteiger partial charge in [-0.2, -0.15) is 18.3 Å². The molecule has 0 aliphatic carbocycles. The number of hydrogen-bond acceptors (Lipinski definition) is 2. The van der Waals surface area contributed by atoms with Gasteiger partial charge >= 0.3 is 6.18 Å². The summed E-state index contributed by atoms with van der Waals surface area (Å²) >= 11 is 0. The van der Waals surface area contributed by atoms with Gasteiger partial charge in [0.15, 0.2) is 5.96 Å². The van der Waals surface area contributed by atoms with Crippen molar-refractivity contribution in [1.82, 2.24) is 20.4 Å². The lowest BCUT2D eigenvalue weighted by Gasteiger charge is -2.18. The third kappa shape index (κ3) is 6.12. The minimum atomic E-state index is -4.46. The molecule has 2 N–H and O–H groups in total. The molecule has 9 heteroatoms. The molecule has 1 heterocycles. The van der Waals surface area contributed by atoms with Crippen LogP contribution >= 0.6 is 24.0 Å². The number of aliphatic imine (C=N–C) groups is 1. The number of hydrogen-bond donors (Lipinski definition) is 2. The van der Waals surface area contributed by atoms with Crippen molar-refractivity contribution in [2.75, 3.05) is 7.05 Å². The second kappa shape index (κ2) is 9.43. The highest BCUT2D eigenvalue weighted by Gasteiger charge is 2.33. The van der Waals surface area contributed by atoms with Crippen molar-refractivity contribution in [3.63, 3.8) is 0 Å². The average Bonchev–Trinajstić information content (AvgIpc) is 2.88. The number of aromatic nitrogens is 2. The number of halogens is 4. The van der Waals surface area contributed by atoms with E-state index < -0.39 is 11.7 Å². The molecule has 2 aromatic rings. The van der Waals surface area contributed by atoms with Gasteiger partial charge in [-0.1, -0.05) is 6.07 Å². The number of nitrogens with one attached hydrogen (secondary N) is 2. The molecule has 0 spiro atoms. The smallest absolute Gasteiger partial charge is 0.354 e. The second-order valence-electron chi connectivity index (χ2n) is 6.40. The molecule has 0 radical (unpaired) electrons. The van der Waals surface area contributed by atoms with Crippen LogP contribution in [0.5, 0.6) is 0 Å². The summed E-state index contributed by atoms with van der Waals surface area (Å²) in [5.74, 6) is 0.454. The highest BCUT2D eigenvalue weighted by molar-refractivity contribution is 14.0. The van der Waals surface area contributed by atoms with E-state index >= 15 is 0 Å². The topological polar surface area (TPSA) is 54.2 Å².